The van der Waals surface area contributed by atoms with Gasteiger partial charge >= 0.3 is 0 Å². The van der Waals surface area contributed by atoms with E-state index in [1.807, 2.05) is 30.3 Å². The number of benzene rings is 1. The fourth-order valence-corrected chi connectivity index (χ4v) is 2.92. The quantitative estimate of drug-likeness (QED) is 0.878. The van der Waals surface area contributed by atoms with Gasteiger partial charge in [0.25, 0.3) is 0 Å². The molecule has 1 aliphatic rings. The van der Waals surface area contributed by atoms with Gasteiger partial charge in [0.15, 0.2) is 0 Å². The lowest BCUT2D eigenvalue weighted by molar-refractivity contribution is 0.0868. The Bertz CT molecular complexity index is 550. The first-order chi connectivity index (χ1) is 8.77. The van der Waals surface area contributed by atoms with Crippen molar-refractivity contribution in [3.8, 4) is 0 Å². The van der Waals surface area contributed by atoms with Gasteiger partial charge in [-0.15, -0.1) is 0 Å². The van der Waals surface area contributed by atoms with Crippen molar-refractivity contribution in [1.82, 2.24) is 9.88 Å². The van der Waals surface area contributed by atoms with Crippen LogP contribution in [0.25, 0.3) is 10.9 Å². The summed E-state index contributed by atoms with van der Waals surface area (Å²) in [5.41, 5.74) is 1.95. The van der Waals surface area contributed by atoms with Crippen LogP contribution in [0.1, 0.15) is 24.5 Å². The number of aliphatic hydroxyl groups excluding tert-OH is 1. The average Bonchev–Trinajstić information content (AvgIpc) is 2.83. The third kappa shape index (κ3) is 1.89. The molecule has 18 heavy (non-hydrogen) atoms. The molecule has 3 nitrogen and oxygen atoms in total. The van der Waals surface area contributed by atoms with Crippen LogP contribution >= 0.6 is 0 Å². The van der Waals surface area contributed by atoms with Crippen LogP contribution in [-0.2, 0) is 0 Å². The molecule has 2 aromatic rings. The Morgan fingerprint density at radius 1 is 1.33 bits per heavy atom. The zero-order valence-electron chi connectivity index (χ0n) is 10.6. The van der Waals surface area contributed by atoms with Crippen molar-refractivity contribution < 1.29 is 5.11 Å². The second-order valence-corrected chi connectivity index (χ2v) is 5.05. The van der Waals surface area contributed by atoms with Crippen LogP contribution in [0.5, 0.6) is 0 Å². The first-order valence-electron chi connectivity index (χ1n) is 6.49. The van der Waals surface area contributed by atoms with E-state index in [0.29, 0.717) is 0 Å². The molecule has 1 aromatic carbocycles. The van der Waals surface area contributed by atoms with Gasteiger partial charge in [-0.05, 0) is 44.1 Å². The number of pyridine rings is 1. The van der Waals surface area contributed by atoms with Crippen LogP contribution in [-0.4, -0.2) is 34.6 Å². The minimum atomic E-state index is -0.426. The lowest BCUT2D eigenvalue weighted by atomic mass is 9.97. The van der Waals surface area contributed by atoms with E-state index < -0.39 is 6.10 Å². The maximum absolute atomic E-state index is 10.6. The number of likely N-dealkylation sites (N-methyl/N-ethyl adjacent to an activating group) is 1. The molecule has 94 valence electrons. The van der Waals surface area contributed by atoms with Gasteiger partial charge in [-0.25, -0.2) is 0 Å². The number of fused-ring (bicyclic) bond motifs is 1. The van der Waals surface area contributed by atoms with Gasteiger partial charge in [0.05, 0.1) is 11.6 Å². The van der Waals surface area contributed by atoms with E-state index >= 15 is 0 Å². The van der Waals surface area contributed by atoms with Crippen molar-refractivity contribution in [3.05, 3.63) is 42.1 Å². The third-order valence-electron chi connectivity index (χ3n) is 3.94. The third-order valence-corrected chi connectivity index (χ3v) is 3.94. The summed E-state index contributed by atoms with van der Waals surface area (Å²) in [5.74, 6) is 0. The Hall–Kier alpha value is -1.45. The summed E-state index contributed by atoms with van der Waals surface area (Å²) >= 11 is 0. The molecule has 2 atom stereocenters. The molecule has 3 rings (SSSR count). The average molecular weight is 242 g/mol. The second-order valence-electron chi connectivity index (χ2n) is 5.05. The predicted octanol–water partition coefficient (Wildman–Crippen LogP) is 2.36. The molecule has 1 aromatic heterocycles. The summed E-state index contributed by atoms with van der Waals surface area (Å²) in [5, 5.41) is 11.7. The molecule has 1 fully saturated rings. The summed E-state index contributed by atoms with van der Waals surface area (Å²) in [6.07, 6.45) is 3.59. The Balaban J connectivity index is 2.03. The van der Waals surface area contributed by atoms with Crippen LogP contribution in [0.2, 0.25) is 0 Å². The number of hydrogen-bond donors (Lipinski definition) is 1. The van der Waals surface area contributed by atoms with Crippen LogP contribution in [0.15, 0.2) is 36.5 Å². The van der Waals surface area contributed by atoms with Gasteiger partial charge in [0, 0.05) is 17.6 Å². The molecule has 0 saturated carbocycles. The van der Waals surface area contributed by atoms with Crippen molar-refractivity contribution in [1.29, 1.82) is 0 Å². The molecule has 2 heterocycles. The molecule has 1 saturated heterocycles. The minimum Gasteiger partial charge on any atom is -0.387 e. The highest BCUT2D eigenvalue weighted by atomic mass is 16.3. The Kier molecular flexibility index (Phi) is 3.02. The fraction of sp³-hybridized carbons (Fsp3) is 0.400. The predicted molar refractivity (Wildman–Crippen MR) is 72.4 cm³/mol. The molecule has 3 heteroatoms. The lowest BCUT2D eigenvalue weighted by Crippen LogP contribution is -2.31. The van der Waals surface area contributed by atoms with Crippen LogP contribution in [0, 0.1) is 0 Å². The van der Waals surface area contributed by atoms with E-state index in [0.717, 1.165) is 29.4 Å². The summed E-state index contributed by atoms with van der Waals surface area (Å²) in [7, 11) is 2.09. The highest BCUT2D eigenvalue weighted by Crippen LogP contribution is 2.31. The summed E-state index contributed by atoms with van der Waals surface area (Å²) in [4.78, 5) is 6.60. The molecular weight excluding hydrogens is 224 g/mol. The molecule has 0 spiro atoms. The largest absolute Gasteiger partial charge is 0.387 e. The van der Waals surface area contributed by atoms with Gasteiger partial charge in [0.1, 0.15) is 0 Å². The van der Waals surface area contributed by atoms with Crippen molar-refractivity contribution in [2.24, 2.45) is 0 Å². The Morgan fingerprint density at radius 2 is 2.17 bits per heavy atom. The van der Waals surface area contributed by atoms with Crippen LogP contribution in [0.4, 0.5) is 0 Å². The molecule has 1 N–H and O–H groups in total. The van der Waals surface area contributed by atoms with E-state index in [4.69, 9.17) is 0 Å². The van der Waals surface area contributed by atoms with Crippen molar-refractivity contribution in [3.63, 3.8) is 0 Å². The second kappa shape index (κ2) is 4.67. The van der Waals surface area contributed by atoms with E-state index in [-0.39, 0.29) is 6.04 Å². The normalized spacial score (nSPS) is 22.4. The van der Waals surface area contributed by atoms with E-state index in [2.05, 4.69) is 16.9 Å². The van der Waals surface area contributed by atoms with Crippen molar-refractivity contribution in [2.45, 2.75) is 25.0 Å². The lowest BCUT2D eigenvalue weighted by Gasteiger charge is -2.26. The Morgan fingerprint density at radius 3 is 2.94 bits per heavy atom. The SMILES string of the molecule is CN1CCCC1C(O)c1ccnc2ccccc12. The summed E-state index contributed by atoms with van der Waals surface area (Å²) in [6, 6.07) is 10.2. The fourth-order valence-electron chi connectivity index (χ4n) is 2.92. The van der Waals surface area contributed by atoms with Crippen molar-refractivity contribution >= 4 is 10.9 Å². The van der Waals surface area contributed by atoms with E-state index in [1.165, 1.54) is 6.42 Å². The number of para-hydroxylation sites is 1. The van der Waals surface area contributed by atoms with Gasteiger partial charge in [-0.2, -0.15) is 0 Å². The van der Waals surface area contributed by atoms with Gasteiger partial charge < -0.3 is 10.0 Å². The molecular formula is C15H18N2O. The highest BCUT2D eigenvalue weighted by molar-refractivity contribution is 5.82. The molecule has 0 aliphatic carbocycles. The Labute approximate surface area is 107 Å². The number of likely N-dealkylation sites (tertiary alicyclic amines) is 1. The molecule has 1 aliphatic heterocycles. The maximum atomic E-state index is 10.6. The van der Waals surface area contributed by atoms with Gasteiger partial charge in [-0.3, -0.25) is 4.98 Å². The zero-order valence-corrected chi connectivity index (χ0v) is 10.6. The first kappa shape index (κ1) is 11.6. The molecule has 0 radical (unpaired) electrons. The van der Waals surface area contributed by atoms with Gasteiger partial charge in [0.2, 0.25) is 0 Å². The number of aromatic nitrogens is 1. The van der Waals surface area contributed by atoms with Crippen LogP contribution in [0.3, 0.4) is 0 Å². The molecule has 2 unspecified atom stereocenters. The monoisotopic (exact) mass is 242 g/mol. The van der Waals surface area contributed by atoms with E-state index in [9.17, 15) is 5.11 Å². The minimum absolute atomic E-state index is 0.232. The smallest absolute Gasteiger partial charge is 0.0952 e. The number of hydrogen-bond acceptors (Lipinski definition) is 3. The topological polar surface area (TPSA) is 36.4 Å². The molecule has 0 amide bonds. The van der Waals surface area contributed by atoms with Crippen LogP contribution < -0.4 is 0 Å². The van der Waals surface area contributed by atoms with E-state index in [1.54, 1.807) is 6.20 Å². The maximum Gasteiger partial charge on any atom is 0.0952 e. The van der Waals surface area contributed by atoms with Gasteiger partial charge in [-0.1, -0.05) is 18.2 Å². The molecule has 0 bridgehead atoms. The highest BCUT2D eigenvalue weighted by Gasteiger charge is 2.29. The zero-order chi connectivity index (χ0) is 12.5. The standard InChI is InChI=1S/C15H18N2O/c1-17-10-4-7-14(17)15(18)12-8-9-16-13-6-3-2-5-11(12)13/h2-3,5-6,8-9,14-15,18H,4,7,10H2,1H3. The number of rotatable bonds is 2. The summed E-state index contributed by atoms with van der Waals surface area (Å²) in [6.45, 7) is 1.07. The van der Waals surface area contributed by atoms with Crippen molar-refractivity contribution in [2.75, 3.05) is 13.6 Å². The number of aliphatic hydroxyl groups is 1. The summed E-state index contributed by atoms with van der Waals surface area (Å²) < 4.78 is 0. The number of nitrogens with zero attached hydrogens (tertiary/aromatic N) is 2. The first-order valence-corrected chi connectivity index (χ1v) is 6.49.